The van der Waals surface area contributed by atoms with Crippen LogP contribution in [0.5, 0.6) is 0 Å². The quantitative estimate of drug-likeness (QED) is 0.654. The predicted molar refractivity (Wildman–Crippen MR) is 111 cm³/mol. The number of piperazine rings is 1. The predicted octanol–water partition coefficient (Wildman–Crippen LogP) is 1.80. The molecule has 1 amide bonds. The topological polar surface area (TPSA) is 95.1 Å². The second kappa shape index (κ2) is 8.32. The summed E-state index contributed by atoms with van der Waals surface area (Å²) in [5.41, 5.74) is 0.0733. The van der Waals surface area contributed by atoms with Crippen molar-refractivity contribution in [2.24, 2.45) is 0 Å². The number of sulfonamides is 2. The van der Waals surface area contributed by atoms with Gasteiger partial charge in [-0.15, -0.1) is 11.3 Å². The molecule has 2 aromatic rings. The van der Waals surface area contributed by atoms with Crippen molar-refractivity contribution in [1.82, 2.24) is 13.5 Å². The summed E-state index contributed by atoms with van der Waals surface area (Å²) in [6, 6.07) is 7.21. The molecule has 1 aromatic carbocycles. The number of amides is 1. The summed E-state index contributed by atoms with van der Waals surface area (Å²) < 4.78 is 52.6. The van der Waals surface area contributed by atoms with Gasteiger partial charge < -0.3 is 4.90 Å². The lowest BCUT2D eigenvalue weighted by Gasteiger charge is -2.34. The number of halogens is 1. The van der Waals surface area contributed by atoms with Crippen molar-refractivity contribution in [3.63, 3.8) is 0 Å². The van der Waals surface area contributed by atoms with E-state index < -0.39 is 26.0 Å². The molecular weight excluding hydrogens is 458 g/mol. The van der Waals surface area contributed by atoms with Gasteiger partial charge in [-0.2, -0.15) is 4.31 Å². The Morgan fingerprint density at radius 3 is 2.28 bits per heavy atom. The highest BCUT2D eigenvalue weighted by atomic mass is 35.5. The average Bonchev–Trinajstić information content (AvgIpc) is 3.23. The van der Waals surface area contributed by atoms with E-state index in [9.17, 15) is 21.6 Å². The van der Waals surface area contributed by atoms with Crippen LogP contribution in [-0.2, 0) is 20.0 Å². The zero-order valence-electron chi connectivity index (χ0n) is 15.8. The number of carbonyl (C=O) groups is 1. The molecule has 29 heavy (non-hydrogen) atoms. The Balaban J connectivity index is 1.78. The SMILES string of the molecule is CN(C)S(=O)(=O)c1ccc(Cl)c(C(=O)N2CCN(S(=O)(=O)c3cccs3)CC2)c1. The van der Waals surface area contributed by atoms with Crippen molar-refractivity contribution in [2.45, 2.75) is 9.10 Å². The van der Waals surface area contributed by atoms with Crippen molar-refractivity contribution in [3.05, 3.63) is 46.3 Å². The lowest BCUT2D eigenvalue weighted by Crippen LogP contribution is -2.50. The van der Waals surface area contributed by atoms with Gasteiger partial charge in [0.2, 0.25) is 10.0 Å². The van der Waals surface area contributed by atoms with Crippen LogP contribution >= 0.6 is 22.9 Å². The molecule has 0 saturated carbocycles. The van der Waals surface area contributed by atoms with Gasteiger partial charge in [-0.3, -0.25) is 4.79 Å². The fourth-order valence-corrected chi connectivity index (χ4v) is 6.57. The summed E-state index contributed by atoms with van der Waals surface area (Å²) in [6.07, 6.45) is 0. The van der Waals surface area contributed by atoms with E-state index in [4.69, 9.17) is 11.6 Å². The van der Waals surface area contributed by atoms with Crippen molar-refractivity contribution in [2.75, 3.05) is 40.3 Å². The number of hydrogen-bond donors (Lipinski definition) is 0. The minimum absolute atomic E-state index is 0.0332. The second-order valence-electron chi connectivity index (χ2n) is 6.56. The molecule has 12 heteroatoms. The third kappa shape index (κ3) is 4.35. The Hall–Kier alpha value is -1.50. The summed E-state index contributed by atoms with van der Waals surface area (Å²) >= 11 is 7.30. The molecule has 3 rings (SSSR count). The van der Waals surface area contributed by atoms with Crippen LogP contribution in [0.3, 0.4) is 0 Å². The summed E-state index contributed by atoms with van der Waals surface area (Å²) in [5, 5.41) is 1.84. The number of carbonyl (C=O) groups excluding carboxylic acids is 1. The van der Waals surface area contributed by atoms with Crippen LogP contribution in [0, 0.1) is 0 Å². The van der Waals surface area contributed by atoms with E-state index in [1.807, 2.05) is 0 Å². The molecule has 0 spiro atoms. The van der Waals surface area contributed by atoms with Crippen LogP contribution in [0.25, 0.3) is 0 Å². The van der Waals surface area contributed by atoms with E-state index in [-0.39, 0.29) is 45.9 Å². The van der Waals surface area contributed by atoms with Gasteiger partial charge in [0.05, 0.1) is 15.5 Å². The first-order valence-electron chi connectivity index (χ1n) is 8.60. The number of thiophene rings is 1. The highest BCUT2D eigenvalue weighted by Crippen LogP contribution is 2.25. The highest BCUT2D eigenvalue weighted by molar-refractivity contribution is 7.91. The monoisotopic (exact) mass is 477 g/mol. The Kier molecular flexibility index (Phi) is 6.37. The van der Waals surface area contributed by atoms with E-state index >= 15 is 0 Å². The maximum absolute atomic E-state index is 12.9. The second-order valence-corrected chi connectivity index (χ2v) is 12.2. The molecule has 158 valence electrons. The Labute approximate surface area is 179 Å². The molecule has 0 atom stereocenters. The van der Waals surface area contributed by atoms with Gasteiger partial charge in [0.1, 0.15) is 4.21 Å². The summed E-state index contributed by atoms with van der Waals surface area (Å²) in [4.78, 5) is 14.4. The molecule has 0 N–H and O–H groups in total. The third-order valence-corrected chi connectivity index (χ3v) is 9.97. The smallest absolute Gasteiger partial charge is 0.255 e. The molecular formula is C17H20ClN3O5S3. The lowest BCUT2D eigenvalue weighted by molar-refractivity contribution is 0.0698. The third-order valence-electron chi connectivity index (χ3n) is 4.56. The number of hydrogen-bond acceptors (Lipinski definition) is 6. The number of rotatable bonds is 5. The fraction of sp³-hybridized carbons (Fsp3) is 0.353. The van der Waals surface area contributed by atoms with Gasteiger partial charge in [0.15, 0.2) is 0 Å². The highest BCUT2D eigenvalue weighted by Gasteiger charge is 2.32. The van der Waals surface area contributed by atoms with Gasteiger partial charge in [-0.1, -0.05) is 17.7 Å². The van der Waals surface area contributed by atoms with Crippen LogP contribution in [0.1, 0.15) is 10.4 Å². The molecule has 0 bridgehead atoms. The van der Waals surface area contributed by atoms with Gasteiger partial charge in [0, 0.05) is 40.3 Å². The van der Waals surface area contributed by atoms with Crippen LogP contribution in [0.2, 0.25) is 5.02 Å². The number of nitrogens with zero attached hydrogens (tertiary/aromatic N) is 3. The first-order valence-corrected chi connectivity index (χ1v) is 12.7. The van der Waals surface area contributed by atoms with Crippen molar-refractivity contribution in [3.8, 4) is 0 Å². The van der Waals surface area contributed by atoms with E-state index in [0.29, 0.717) is 0 Å². The lowest BCUT2D eigenvalue weighted by atomic mass is 10.2. The van der Waals surface area contributed by atoms with Gasteiger partial charge in [-0.05, 0) is 29.6 Å². The van der Waals surface area contributed by atoms with Crippen LogP contribution in [0.15, 0.2) is 44.8 Å². The first kappa shape index (κ1) is 22.2. The molecule has 2 heterocycles. The fourth-order valence-electron chi connectivity index (χ4n) is 2.88. The minimum Gasteiger partial charge on any atom is -0.336 e. The first-order chi connectivity index (χ1) is 13.5. The van der Waals surface area contributed by atoms with Crippen molar-refractivity contribution < 1.29 is 21.6 Å². The molecule has 0 radical (unpaired) electrons. The van der Waals surface area contributed by atoms with Crippen molar-refractivity contribution in [1.29, 1.82) is 0 Å². The molecule has 1 aliphatic rings. The van der Waals surface area contributed by atoms with Gasteiger partial charge >= 0.3 is 0 Å². The molecule has 1 aromatic heterocycles. The van der Waals surface area contributed by atoms with Crippen LogP contribution < -0.4 is 0 Å². The van der Waals surface area contributed by atoms with Crippen LogP contribution in [0.4, 0.5) is 0 Å². The average molecular weight is 478 g/mol. The largest absolute Gasteiger partial charge is 0.336 e. The zero-order valence-corrected chi connectivity index (χ0v) is 19.0. The molecule has 0 unspecified atom stereocenters. The zero-order chi connectivity index (χ0) is 21.4. The maximum atomic E-state index is 12.9. The Morgan fingerprint density at radius 2 is 1.72 bits per heavy atom. The minimum atomic E-state index is -3.72. The van der Waals surface area contributed by atoms with Gasteiger partial charge in [0.25, 0.3) is 15.9 Å². The van der Waals surface area contributed by atoms with Crippen LogP contribution in [-0.4, -0.2) is 76.5 Å². The van der Waals surface area contributed by atoms with Gasteiger partial charge in [-0.25, -0.2) is 21.1 Å². The number of benzene rings is 1. The van der Waals surface area contributed by atoms with E-state index in [1.165, 1.54) is 41.5 Å². The molecule has 0 aliphatic carbocycles. The molecule has 1 saturated heterocycles. The molecule has 1 fully saturated rings. The summed E-state index contributed by atoms with van der Waals surface area (Å²) in [6.45, 7) is 0.674. The van der Waals surface area contributed by atoms with Crippen molar-refractivity contribution >= 4 is 48.9 Å². The Bertz CT molecular complexity index is 1110. The normalized spacial score (nSPS) is 16.3. The summed E-state index contributed by atoms with van der Waals surface area (Å²) in [5.74, 6) is -0.432. The summed E-state index contributed by atoms with van der Waals surface area (Å²) in [7, 11) is -4.49. The van der Waals surface area contributed by atoms with E-state index in [1.54, 1.807) is 17.5 Å². The Morgan fingerprint density at radius 1 is 1.07 bits per heavy atom. The molecule has 8 nitrogen and oxygen atoms in total. The molecule has 1 aliphatic heterocycles. The van der Waals surface area contributed by atoms with E-state index in [0.717, 1.165) is 15.6 Å². The maximum Gasteiger partial charge on any atom is 0.255 e. The van der Waals surface area contributed by atoms with E-state index in [2.05, 4.69) is 0 Å². The standard InChI is InChI=1S/C17H20ClN3O5S3/c1-19(2)28(23,24)13-5-6-15(18)14(12-13)17(22)20-7-9-21(10-8-20)29(25,26)16-4-3-11-27-16/h3-6,11-12H,7-10H2,1-2H3.